The van der Waals surface area contributed by atoms with E-state index in [0.29, 0.717) is 16.3 Å². The Kier molecular flexibility index (Phi) is 3.99. The second-order valence-electron chi connectivity index (χ2n) is 3.77. The van der Waals surface area contributed by atoms with E-state index in [9.17, 15) is 4.79 Å². The molecule has 2 rings (SSSR count). The molecule has 0 aliphatic rings. The van der Waals surface area contributed by atoms with Crippen molar-refractivity contribution >= 4 is 39.1 Å². The molecule has 0 saturated heterocycles. The lowest BCUT2D eigenvalue weighted by molar-refractivity contribution is 0.102. The standard InChI is InChI=1S/C13H10BrClN2O/c1-8-4-5-16-7-12(8)17-13(18)10-6-9(14)2-3-11(10)15/h2-7H,1H3,(H,17,18). The highest BCUT2D eigenvalue weighted by molar-refractivity contribution is 9.10. The molecule has 0 radical (unpaired) electrons. The number of aryl methyl sites for hydroxylation is 1. The van der Waals surface area contributed by atoms with Crippen LogP contribution in [0.1, 0.15) is 15.9 Å². The number of pyridine rings is 1. The van der Waals surface area contributed by atoms with Crippen LogP contribution in [0.25, 0.3) is 0 Å². The summed E-state index contributed by atoms with van der Waals surface area (Å²) in [5.41, 5.74) is 2.05. The lowest BCUT2D eigenvalue weighted by Gasteiger charge is -2.08. The number of carbonyl (C=O) groups excluding carboxylic acids is 1. The van der Waals surface area contributed by atoms with E-state index in [4.69, 9.17) is 11.6 Å². The van der Waals surface area contributed by atoms with Gasteiger partial charge >= 0.3 is 0 Å². The van der Waals surface area contributed by atoms with Crippen molar-refractivity contribution in [2.45, 2.75) is 6.92 Å². The van der Waals surface area contributed by atoms with Crippen molar-refractivity contribution in [2.24, 2.45) is 0 Å². The van der Waals surface area contributed by atoms with Crippen LogP contribution in [0.2, 0.25) is 5.02 Å². The molecule has 92 valence electrons. The summed E-state index contributed by atoms with van der Waals surface area (Å²) in [4.78, 5) is 16.1. The van der Waals surface area contributed by atoms with Gasteiger partial charge in [-0.25, -0.2) is 0 Å². The molecule has 0 unspecified atom stereocenters. The smallest absolute Gasteiger partial charge is 0.257 e. The van der Waals surface area contributed by atoms with Crippen LogP contribution >= 0.6 is 27.5 Å². The minimum absolute atomic E-state index is 0.252. The third-order valence-corrected chi connectivity index (χ3v) is 3.28. The van der Waals surface area contributed by atoms with Crippen molar-refractivity contribution in [3.05, 3.63) is 57.3 Å². The Balaban J connectivity index is 2.28. The predicted molar refractivity (Wildman–Crippen MR) is 76.1 cm³/mol. The van der Waals surface area contributed by atoms with Crippen LogP contribution in [-0.2, 0) is 0 Å². The van der Waals surface area contributed by atoms with Crippen molar-refractivity contribution in [3.63, 3.8) is 0 Å². The third-order valence-electron chi connectivity index (χ3n) is 2.46. The topological polar surface area (TPSA) is 42.0 Å². The molecule has 0 atom stereocenters. The summed E-state index contributed by atoms with van der Waals surface area (Å²) in [6.07, 6.45) is 3.29. The lowest BCUT2D eigenvalue weighted by Crippen LogP contribution is -2.13. The van der Waals surface area contributed by atoms with Gasteiger partial charge < -0.3 is 5.32 Å². The van der Waals surface area contributed by atoms with Gasteiger partial charge in [0.2, 0.25) is 0 Å². The number of rotatable bonds is 2. The maximum atomic E-state index is 12.1. The Morgan fingerprint density at radius 1 is 1.39 bits per heavy atom. The number of amides is 1. The molecule has 0 fully saturated rings. The normalized spacial score (nSPS) is 10.2. The molecule has 0 spiro atoms. The number of halogens is 2. The highest BCUT2D eigenvalue weighted by Gasteiger charge is 2.12. The monoisotopic (exact) mass is 324 g/mol. The summed E-state index contributed by atoms with van der Waals surface area (Å²) in [5.74, 6) is -0.252. The molecular formula is C13H10BrClN2O. The Bertz CT molecular complexity index is 601. The second kappa shape index (κ2) is 5.50. The number of aromatic nitrogens is 1. The molecule has 1 N–H and O–H groups in total. The zero-order chi connectivity index (χ0) is 13.1. The molecule has 0 aliphatic carbocycles. The highest BCUT2D eigenvalue weighted by atomic mass is 79.9. The van der Waals surface area contributed by atoms with E-state index in [-0.39, 0.29) is 5.91 Å². The molecule has 1 aromatic carbocycles. The molecule has 0 bridgehead atoms. The molecule has 0 saturated carbocycles. The zero-order valence-corrected chi connectivity index (χ0v) is 11.9. The van der Waals surface area contributed by atoms with Gasteiger partial charge in [-0.1, -0.05) is 27.5 Å². The van der Waals surface area contributed by atoms with Crippen LogP contribution in [0.3, 0.4) is 0 Å². The first-order valence-corrected chi connectivity index (χ1v) is 6.42. The summed E-state index contributed by atoms with van der Waals surface area (Å²) in [6.45, 7) is 1.90. The summed E-state index contributed by atoms with van der Waals surface area (Å²) >= 11 is 9.31. The van der Waals surface area contributed by atoms with Gasteiger partial charge in [0.05, 0.1) is 22.5 Å². The number of hydrogen-bond acceptors (Lipinski definition) is 2. The second-order valence-corrected chi connectivity index (χ2v) is 5.09. The van der Waals surface area contributed by atoms with Gasteiger partial charge in [-0.05, 0) is 36.8 Å². The largest absolute Gasteiger partial charge is 0.320 e. The molecule has 5 heteroatoms. The zero-order valence-electron chi connectivity index (χ0n) is 9.58. The van der Waals surface area contributed by atoms with E-state index in [2.05, 4.69) is 26.2 Å². The van der Waals surface area contributed by atoms with Gasteiger partial charge in [0.1, 0.15) is 0 Å². The maximum Gasteiger partial charge on any atom is 0.257 e. The first kappa shape index (κ1) is 13.1. The number of benzene rings is 1. The Morgan fingerprint density at radius 3 is 2.89 bits per heavy atom. The molecule has 2 aromatic rings. The van der Waals surface area contributed by atoms with E-state index in [1.54, 1.807) is 30.6 Å². The van der Waals surface area contributed by atoms with Crippen molar-refractivity contribution < 1.29 is 4.79 Å². The van der Waals surface area contributed by atoms with E-state index in [1.807, 2.05) is 13.0 Å². The van der Waals surface area contributed by atoms with Crippen LogP contribution in [-0.4, -0.2) is 10.9 Å². The lowest BCUT2D eigenvalue weighted by atomic mass is 10.2. The molecule has 1 heterocycles. The fourth-order valence-corrected chi connectivity index (χ4v) is 2.02. The van der Waals surface area contributed by atoms with E-state index < -0.39 is 0 Å². The van der Waals surface area contributed by atoms with Crippen LogP contribution in [0, 0.1) is 6.92 Å². The van der Waals surface area contributed by atoms with Crippen molar-refractivity contribution in [2.75, 3.05) is 5.32 Å². The van der Waals surface area contributed by atoms with Gasteiger partial charge in [0, 0.05) is 10.7 Å². The number of anilines is 1. The average Bonchev–Trinajstić information content (AvgIpc) is 2.35. The molecule has 18 heavy (non-hydrogen) atoms. The Hall–Kier alpha value is -1.39. The quantitative estimate of drug-likeness (QED) is 0.905. The molecule has 1 amide bonds. The van der Waals surface area contributed by atoms with Gasteiger partial charge in [-0.15, -0.1) is 0 Å². The van der Waals surface area contributed by atoms with Crippen LogP contribution < -0.4 is 5.32 Å². The fraction of sp³-hybridized carbons (Fsp3) is 0.0769. The fourth-order valence-electron chi connectivity index (χ4n) is 1.46. The van der Waals surface area contributed by atoms with Crippen LogP contribution in [0.4, 0.5) is 5.69 Å². The van der Waals surface area contributed by atoms with Gasteiger partial charge in [-0.2, -0.15) is 0 Å². The van der Waals surface area contributed by atoms with Gasteiger partial charge in [-0.3, -0.25) is 9.78 Å². The molecule has 1 aromatic heterocycles. The number of carbonyl (C=O) groups is 1. The predicted octanol–water partition coefficient (Wildman–Crippen LogP) is 4.06. The number of nitrogens with one attached hydrogen (secondary N) is 1. The summed E-state index contributed by atoms with van der Waals surface area (Å²) in [6, 6.07) is 6.98. The third kappa shape index (κ3) is 2.89. The SMILES string of the molecule is Cc1ccncc1NC(=O)c1cc(Br)ccc1Cl. The first-order chi connectivity index (χ1) is 8.58. The first-order valence-electron chi connectivity index (χ1n) is 5.25. The molecular weight excluding hydrogens is 316 g/mol. The van der Waals surface area contributed by atoms with E-state index >= 15 is 0 Å². The number of nitrogens with zero attached hydrogens (tertiary/aromatic N) is 1. The summed E-state index contributed by atoms with van der Waals surface area (Å²) < 4.78 is 0.806. The molecule has 0 aliphatic heterocycles. The Morgan fingerprint density at radius 2 is 2.17 bits per heavy atom. The summed E-state index contributed by atoms with van der Waals surface area (Å²) in [5, 5.41) is 3.20. The molecule has 3 nitrogen and oxygen atoms in total. The van der Waals surface area contributed by atoms with E-state index in [0.717, 1.165) is 10.0 Å². The van der Waals surface area contributed by atoms with Crippen molar-refractivity contribution in [1.29, 1.82) is 0 Å². The van der Waals surface area contributed by atoms with Crippen molar-refractivity contribution in [3.8, 4) is 0 Å². The summed E-state index contributed by atoms with van der Waals surface area (Å²) in [7, 11) is 0. The average molecular weight is 326 g/mol. The number of hydrogen-bond donors (Lipinski definition) is 1. The van der Waals surface area contributed by atoms with Gasteiger partial charge in [0.15, 0.2) is 0 Å². The highest BCUT2D eigenvalue weighted by Crippen LogP contribution is 2.22. The van der Waals surface area contributed by atoms with Gasteiger partial charge in [0.25, 0.3) is 5.91 Å². The Labute approximate surface area is 118 Å². The minimum atomic E-state index is -0.252. The van der Waals surface area contributed by atoms with E-state index in [1.165, 1.54) is 0 Å². The van der Waals surface area contributed by atoms with Crippen LogP contribution in [0.5, 0.6) is 0 Å². The minimum Gasteiger partial charge on any atom is -0.320 e. The van der Waals surface area contributed by atoms with Crippen molar-refractivity contribution in [1.82, 2.24) is 4.98 Å². The maximum absolute atomic E-state index is 12.1. The van der Waals surface area contributed by atoms with Crippen LogP contribution in [0.15, 0.2) is 41.1 Å².